The molecule has 5 nitrogen and oxygen atoms in total. The number of aryl methyl sites for hydroxylation is 1. The summed E-state index contributed by atoms with van der Waals surface area (Å²) in [5.74, 6) is 0.477. The Kier molecular flexibility index (Phi) is 9.76. The number of benzene rings is 4. The largest absolute Gasteiger partial charge is 0.491 e. The van der Waals surface area contributed by atoms with E-state index in [1.54, 1.807) is 26.0 Å². The molecular formula is C32H32O5. The van der Waals surface area contributed by atoms with Crippen LogP contribution in [0.2, 0.25) is 0 Å². The number of aliphatic hydroxyl groups excluding tert-OH is 1. The molecule has 0 saturated heterocycles. The highest BCUT2D eigenvalue weighted by atomic mass is 16.5. The van der Waals surface area contributed by atoms with Crippen molar-refractivity contribution in [1.29, 1.82) is 0 Å². The number of ether oxygens (including phenoxy) is 2. The summed E-state index contributed by atoms with van der Waals surface area (Å²) < 4.78 is 10.1. The third kappa shape index (κ3) is 8.16. The van der Waals surface area contributed by atoms with Gasteiger partial charge < -0.3 is 14.6 Å². The van der Waals surface area contributed by atoms with Gasteiger partial charge in [-0.1, -0.05) is 78.4 Å². The maximum atomic E-state index is 11.4. The number of carbonyl (C=O) groups is 2. The zero-order valence-corrected chi connectivity index (χ0v) is 21.6. The van der Waals surface area contributed by atoms with Gasteiger partial charge in [0.25, 0.3) is 0 Å². The summed E-state index contributed by atoms with van der Waals surface area (Å²) in [4.78, 5) is 22.5. The first-order valence-corrected chi connectivity index (χ1v) is 12.0. The Bertz CT molecular complexity index is 1290. The fraction of sp³-hybridized carbons (Fsp3) is 0.188. The van der Waals surface area contributed by atoms with Gasteiger partial charge in [0, 0.05) is 5.56 Å². The average Bonchev–Trinajstić information content (AvgIpc) is 2.92. The normalized spacial score (nSPS) is 11.1. The summed E-state index contributed by atoms with van der Waals surface area (Å²) in [5.41, 5.74) is 6.89. The molecule has 37 heavy (non-hydrogen) atoms. The van der Waals surface area contributed by atoms with Crippen molar-refractivity contribution in [3.8, 4) is 28.0 Å². The zero-order chi connectivity index (χ0) is 26.8. The first kappa shape index (κ1) is 27.4. The topological polar surface area (TPSA) is 72.8 Å². The fourth-order valence-corrected chi connectivity index (χ4v) is 3.52. The molecule has 4 rings (SSSR count). The smallest absolute Gasteiger partial charge is 0.337 e. The Morgan fingerprint density at radius 2 is 1.11 bits per heavy atom. The van der Waals surface area contributed by atoms with E-state index in [4.69, 9.17) is 4.74 Å². The van der Waals surface area contributed by atoms with Gasteiger partial charge in [-0.3, -0.25) is 4.79 Å². The quantitative estimate of drug-likeness (QED) is 0.226. The highest BCUT2D eigenvalue weighted by molar-refractivity contribution is 5.94. The van der Waals surface area contributed by atoms with Gasteiger partial charge in [-0.15, -0.1) is 0 Å². The lowest BCUT2D eigenvalue weighted by Gasteiger charge is -2.09. The second kappa shape index (κ2) is 13.2. The van der Waals surface area contributed by atoms with E-state index in [9.17, 15) is 14.7 Å². The van der Waals surface area contributed by atoms with E-state index in [1.165, 1.54) is 18.2 Å². The third-order valence-corrected chi connectivity index (χ3v) is 5.66. The molecule has 0 aliphatic carbocycles. The molecule has 0 aliphatic rings. The molecule has 0 amide bonds. The second-order valence-electron chi connectivity index (χ2n) is 8.75. The molecule has 0 spiro atoms. The number of ketones is 1. The monoisotopic (exact) mass is 496 g/mol. The molecule has 0 aromatic heterocycles. The Labute approximate surface area is 218 Å². The summed E-state index contributed by atoms with van der Waals surface area (Å²) in [6.45, 7) is 5.61. The molecule has 0 heterocycles. The number of methoxy groups -OCH3 is 1. The van der Waals surface area contributed by atoms with E-state index >= 15 is 0 Å². The van der Waals surface area contributed by atoms with Gasteiger partial charge in [0.15, 0.2) is 5.78 Å². The lowest BCUT2D eigenvalue weighted by atomic mass is 10.0. The van der Waals surface area contributed by atoms with Crippen LogP contribution < -0.4 is 4.74 Å². The van der Waals surface area contributed by atoms with Crippen LogP contribution in [0.1, 0.15) is 40.1 Å². The molecule has 0 radical (unpaired) electrons. The molecule has 0 fully saturated rings. The van der Waals surface area contributed by atoms with Crippen molar-refractivity contribution in [2.75, 3.05) is 13.7 Å². The van der Waals surface area contributed by atoms with Gasteiger partial charge in [0.2, 0.25) is 0 Å². The number of Topliss-reactive ketones (excluding diaryl/α,β-unsaturated/α-hetero) is 1. The van der Waals surface area contributed by atoms with Crippen LogP contribution in [0.15, 0.2) is 97.1 Å². The third-order valence-electron chi connectivity index (χ3n) is 5.66. The van der Waals surface area contributed by atoms with E-state index in [1.807, 2.05) is 60.7 Å². The van der Waals surface area contributed by atoms with E-state index in [2.05, 4.69) is 35.9 Å². The summed E-state index contributed by atoms with van der Waals surface area (Å²) in [6, 6.07) is 30.9. The van der Waals surface area contributed by atoms with Crippen LogP contribution in [0.4, 0.5) is 0 Å². The van der Waals surface area contributed by atoms with Gasteiger partial charge in [-0.25, -0.2) is 4.79 Å². The first-order chi connectivity index (χ1) is 17.8. The lowest BCUT2D eigenvalue weighted by Crippen LogP contribution is -2.12. The molecular weight excluding hydrogens is 464 g/mol. The molecule has 190 valence electrons. The fourth-order valence-electron chi connectivity index (χ4n) is 3.52. The molecule has 4 aromatic carbocycles. The molecule has 1 unspecified atom stereocenters. The molecule has 0 bridgehead atoms. The number of aliphatic hydroxyl groups is 1. The van der Waals surface area contributed by atoms with Gasteiger partial charge >= 0.3 is 5.97 Å². The van der Waals surface area contributed by atoms with Crippen LogP contribution in [0.25, 0.3) is 22.3 Å². The van der Waals surface area contributed by atoms with Gasteiger partial charge in [0.05, 0.1) is 18.8 Å². The van der Waals surface area contributed by atoms with Crippen molar-refractivity contribution in [3.05, 3.63) is 114 Å². The van der Waals surface area contributed by atoms with Crippen LogP contribution >= 0.6 is 0 Å². The van der Waals surface area contributed by atoms with Crippen molar-refractivity contribution in [2.24, 2.45) is 0 Å². The van der Waals surface area contributed by atoms with E-state index in [0.29, 0.717) is 11.3 Å². The Morgan fingerprint density at radius 1 is 0.703 bits per heavy atom. The lowest BCUT2D eigenvalue weighted by molar-refractivity contribution is 0.0600. The second-order valence-corrected chi connectivity index (χ2v) is 8.75. The predicted octanol–water partition coefficient (Wildman–Crippen LogP) is 6.76. The minimum absolute atomic E-state index is 0.107. The molecule has 4 aromatic rings. The van der Waals surface area contributed by atoms with Crippen LogP contribution in [-0.4, -0.2) is 36.7 Å². The van der Waals surface area contributed by atoms with Crippen molar-refractivity contribution in [3.63, 3.8) is 0 Å². The maximum Gasteiger partial charge on any atom is 0.337 e. The molecule has 0 aliphatic heterocycles. The van der Waals surface area contributed by atoms with Crippen LogP contribution in [0.5, 0.6) is 5.75 Å². The Morgan fingerprint density at radius 3 is 1.51 bits per heavy atom. The minimum Gasteiger partial charge on any atom is -0.491 e. The first-order valence-electron chi connectivity index (χ1n) is 12.0. The van der Waals surface area contributed by atoms with E-state index < -0.39 is 6.10 Å². The summed E-state index contributed by atoms with van der Waals surface area (Å²) in [5, 5.41) is 9.17. The van der Waals surface area contributed by atoms with Crippen LogP contribution in [0, 0.1) is 6.92 Å². The van der Waals surface area contributed by atoms with Gasteiger partial charge in [-0.05, 0) is 67.3 Å². The summed E-state index contributed by atoms with van der Waals surface area (Å²) in [6.07, 6.45) is -0.490. The van der Waals surface area contributed by atoms with Crippen molar-refractivity contribution < 1.29 is 24.2 Å². The summed E-state index contributed by atoms with van der Waals surface area (Å²) in [7, 11) is 1.36. The van der Waals surface area contributed by atoms with Crippen LogP contribution in [-0.2, 0) is 4.74 Å². The van der Waals surface area contributed by atoms with E-state index in [-0.39, 0.29) is 18.4 Å². The number of esters is 1. The zero-order valence-electron chi connectivity index (χ0n) is 21.6. The van der Waals surface area contributed by atoms with Crippen molar-refractivity contribution in [2.45, 2.75) is 26.9 Å². The SMILES string of the molecule is CC(=O)c1ccc(-c2ccc(C)cc2)cc1.COC(=O)c1ccc(-c2ccc(OCC(C)O)cc2)cc1. The number of hydrogen-bond acceptors (Lipinski definition) is 5. The Hall–Kier alpha value is -4.22. The van der Waals surface area contributed by atoms with Crippen LogP contribution in [0.3, 0.4) is 0 Å². The predicted molar refractivity (Wildman–Crippen MR) is 147 cm³/mol. The van der Waals surface area contributed by atoms with E-state index in [0.717, 1.165) is 22.3 Å². The molecule has 1 N–H and O–H groups in total. The van der Waals surface area contributed by atoms with Crippen molar-refractivity contribution in [1.82, 2.24) is 0 Å². The highest BCUT2D eigenvalue weighted by Crippen LogP contribution is 2.23. The summed E-state index contributed by atoms with van der Waals surface area (Å²) >= 11 is 0. The number of hydrogen-bond donors (Lipinski definition) is 1. The molecule has 5 heteroatoms. The average molecular weight is 497 g/mol. The minimum atomic E-state index is -0.490. The number of carbonyl (C=O) groups excluding carboxylic acids is 2. The Balaban J connectivity index is 0.000000213. The molecule has 1 atom stereocenters. The van der Waals surface area contributed by atoms with Gasteiger partial charge in [0.1, 0.15) is 12.4 Å². The van der Waals surface area contributed by atoms with Gasteiger partial charge in [-0.2, -0.15) is 0 Å². The number of rotatable bonds is 7. The maximum absolute atomic E-state index is 11.4. The standard InChI is InChI=1S/C17H18O4.C15H14O/c1-12(18)11-21-16-9-7-14(8-10-16)13-3-5-15(6-4-13)17(19)20-2;1-11-3-5-14(6-4-11)15-9-7-13(8-10-15)12(2)16/h3-10,12,18H,11H2,1-2H3;3-10H,1-2H3. The molecule has 0 saturated carbocycles. The highest BCUT2D eigenvalue weighted by Gasteiger charge is 2.06. The van der Waals surface area contributed by atoms with Crippen molar-refractivity contribution >= 4 is 11.8 Å².